The van der Waals surface area contributed by atoms with E-state index in [1.54, 1.807) is 12.7 Å². The summed E-state index contributed by atoms with van der Waals surface area (Å²) >= 11 is 1.86. The van der Waals surface area contributed by atoms with E-state index in [1.807, 2.05) is 17.8 Å². The number of aryl methyl sites for hydroxylation is 1. The topological polar surface area (TPSA) is 69.0 Å². The monoisotopic (exact) mass is 482 g/mol. The number of methoxy groups -OCH3 is 1. The van der Waals surface area contributed by atoms with Crippen LogP contribution in [0, 0.1) is 17.3 Å². The molecule has 2 aromatic rings. The van der Waals surface area contributed by atoms with Crippen molar-refractivity contribution in [2.75, 3.05) is 26.0 Å². The van der Waals surface area contributed by atoms with Crippen LogP contribution < -0.4 is 5.32 Å². The Hall–Kier alpha value is -2.12. The zero-order valence-electron chi connectivity index (χ0n) is 20.8. The zero-order chi connectivity index (χ0) is 24.0. The normalized spacial score (nSPS) is 23.3. The number of carbonyl (C=O) groups excluding carboxylic acids is 1. The first kappa shape index (κ1) is 25.0. The number of nitrogens with zero attached hydrogens (tertiary/aromatic N) is 3. The Morgan fingerprint density at radius 2 is 2.03 bits per heavy atom. The molecule has 184 valence electrons. The van der Waals surface area contributed by atoms with Crippen LogP contribution in [-0.4, -0.2) is 46.7 Å². The summed E-state index contributed by atoms with van der Waals surface area (Å²) in [5.41, 5.74) is 3.12. The Labute approximate surface area is 207 Å². The van der Waals surface area contributed by atoms with Gasteiger partial charge in [-0.3, -0.25) is 9.36 Å². The summed E-state index contributed by atoms with van der Waals surface area (Å²) in [5, 5.41) is 13.1. The van der Waals surface area contributed by atoms with Gasteiger partial charge in [0.05, 0.1) is 0 Å². The molecule has 0 bridgehead atoms. The number of para-hydroxylation sites is 1. The Bertz CT molecular complexity index is 990. The van der Waals surface area contributed by atoms with E-state index in [9.17, 15) is 4.79 Å². The Morgan fingerprint density at radius 3 is 2.82 bits per heavy atom. The van der Waals surface area contributed by atoms with Crippen molar-refractivity contribution in [1.29, 1.82) is 0 Å². The van der Waals surface area contributed by atoms with E-state index in [4.69, 9.17) is 4.74 Å². The second-order valence-electron chi connectivity index (χ2n) is 9.97. The van der Waals surface area contributed by atoms with Crippen molar-refractivity contribution in [3.63, 3.8) is 0 Å². The minimum atomic E-state index is 0.112. The summed E-state index contributed by atoms with van der Waals surface area (Å²) in [7, 11) is 1.68. The average Bonchev–Trinajstić information content (AvgIpc) is 3.42. The molecule has 0 radical (unpaired) electrons. The molecule has 0 spiro atoms. The van der Waals surface area contributed by atoms with Crippen molar-refractivity contribution in [2.24, 2.45) is 17.3 Å². The van der Waals surface area contributed by atoms with Crippen LogP contribution in [0.1, 0.15) is 58.2 Å². The third-order valence-electron chi connectivity index (χ3n) is 7.12. The summed E-state index contributed by atoms with van der Waals surface area (Å²) in [6, 6.07) is 10.4. The second kappa shape index (κ2) is 11.5. The van der Waals surface area contributed by atoms with E-state index in [0.29, 0.717) is 30.9 Å². The van der Waals surface area contributed by atoms with Crippen LogP contribution in [-0.2, 0) is 16.0 Å². The van der Waals surface area contributed by atoms with Crippen LogP contribution in [0.15, 0.2) is 47.1 Å². The quantitative estimate of drug-likeness (QED) is 0.241. The maximum atomic E-state index is 12.0. The third-order valence-corrected chi connectivity index (χ3v) is 8.36. The standard InChI is InChI=1S/C27H38N4O2S/c1-20-16-21(2)23-18-27(23,17-20)19-34-26-30-29-24(31(26)22-10-5-4-6-11-22)12-7-8-13-25(32)28-14-9-15-33-3/h4-6,10-11,16,20,23H,7-9,12-15,17-19H2,1-3H3,(H,28,32). The fourth-order valence-electron chi connectivity index (χ4n) is 5.40. The van der Waals surface area contributed by atoms with Gasteiger partial charge in [-0.05, 0) is 68.4 Å². The molecule has 6 nitrogen and oxygen atoms in total. The molecular formula is C27H38N4O2S. The highest BCUT2D eigenvalue weighted by atomic mass is 32.2. The first-order valence-electron chi connectivity index (χ1n) is 12.6. The van der Waals surface area contributed by atoms with E-state index in [-0.39, 0.29) is 5.91 Å². The van der Waals surface area contributed by atoms with Crippen LogP contribution >= 0.6 is 11.8 Å². The Kier molecular flexibility index (Phi) is 8.48. The molecule has 1 saturated carbocycles. The predicted molar refractivity (Wildman–Crippen MR) is 137 cm³/mol. The highest BCUT2D eigenvalue weighted by Gasteiger charge is 2.56. The number of unbranched alkanes of at least 4 members (excludes halogenated alkanes) is 1. The molecule has 0 aliphatic heterocycles. The van der Waals surface area contributed by atoms with Crippen molar-refractivity contribution < 1.29 is 9.53 Å². The van der Waals surface area contributed by atoms with Crippen LogP contribution in [0.5, 0.6) is 0 Å². The number of ether oxygens (including phenoxy) is 1. The van der Waals surface area contributed by atoms with Crippen molar-refractivity contribution in [1.82, 2.24) is 20.1 Å². The lowest BCUT2D eigenvalue weighted by Crippen LogP contribution is -2.24. The van der Waals surface area contributed by atoms with Crippen LogP contribution in [0.2, 0.25) is 0 Å². The number of hydrogen-bond acceptors (Lipinski definition) is 5. The summed E-state index contributed by atoms with van der Waals surface area (Å²) in [5.74, 6) is 3.61. The molecule has 1 amide bonds. The minimum absolute atomic E-state index is 0.112. The average molecular weight is 483 g/mol. The zero-order valence-corrected chi connectivity index (χ0v) is 21.6. The number of carbonyl (C=O) groups is 1. The second-order valence-corrected chi connectivity index (χ2v) is 10.9. The maximum Gasteiger partial charge on any atom is 0.219 e. The van der Waals surface area contributed by atoms with Gasteiger partial charge in [0, 0.05) is 44.5 Å². The van der Waals surface area contributed by atoms with Gasteiger partial charge in [-0.15, -0.1) is 10.2 Å². The number of aromatic nitrogens is 3. The highest BCUT2D eigenvalue weighted by Crippen LogP contribution is 2.64. The van der Waals surface area contributed by atoms with E-state index in [0.717, 1.165) is 54.0 Å². The molecule has 7 heteroatoms. The van der Waals surface area contributed by atoms with E-state index in [2.05, 4.69) is 64.3 Å². The van der Waals surface area contributed by atoms with Gasteiger partial charge in [0.2, 0.25) is 5.91 Å². The van der Waals surface area contributed by atoms with Crippen molar-refractivity contribution >= 4 is 17.7 Å². The first-order chi connectivity index (χ1) is 16.5. The largest absolute Gasteiger partial charge is 0.385 e. The molecule has 3 unspecified atom stereocenters. The van der Waals surface area contributed by atoms with E-state index < -0.39 is 0 Å². The summed E-state index contributed by atoms with van der Waals surface area (Å²) in [6.45, 7) is 5.99. The molecule has 1 N–H and O–H groups in total. The van der Waals surface area contributed by atoms with Crippen molar-refractivity contribution in [3.8, 4) is 5.69 Å². The maximum absolute atomic E-state index is 12.0. The van der Waals surface area contributed by atoms with E-state index >= 15 is 0 Å². The number of rotatable bonds is 13. The molecule has 4 rings (SSSR count). The molecule has 1 fully saturated rings. The molecule has 34 heavy (non-hydrogen) atoms. The van der Waals surface area contributed by atoms with Crippen LogP contribution in [0.4, 0.5) is 0 Å². The van der Waals surface area contributed by atoms with Gasteiger partial charge < -0.3 is 10.1 Å². The SMILES string of the molecule is COCCCNC(=O)CCCCc1nnc(SCC23CC(C)C=C(C)C2C3)n1-c1ccccc1. The van der Waals surface area contributed by atoms with E-state index in [1.165, 1.54) is 12.8 Å². The highest BCUT2D eigenvalue weighted by molar-refractivity contribution is 7.99. The number of benzene rings is 1. The van der Waals surface area contributed by atoms with Crippen molar-refractivity contribution in [2.45, 2.75) is 63.9 Å². The lowest BCUT2D eigenvalue weighted by molar-refractivity contribution is -0.121. The van der Waals surface area contributed by atoms with Crippen molar-refractivity contribution in [3.05, 3.63) is 47.8 Å². The lowest BCUT2D eigenvalue weighted by atomic mass is 9.84. The molecule has 2 aliphatic carbocycles. The minimum Gasteiger partial charge on any atom is -0.385 e. The number of allylic oxidation sites excluding steroid dienone is 2. The molecule has 0 saturated heterocycles. The smallest absolute Gasteiger partial charge is 0.219 e. The number of nitrogens with one attached hydrogen (secondary N) is 1. The lowest BCUT2D eigenvalue weighted by Gasteiger charge is -2.25. The van der Waals surface area contributed by atoms with Gasteiger partial charge in [-0.1, -0.05) is 48.5 Å². The molecular weight excluding hydrogens is 444 g/mol. The van der Waals surface area contributed by atoms with Gasteiger partial charge in [0.1, 0.15) is 5.82 Å². The number of amides is 1. The molecule has 1 aromatic carbocycles. The van der Waals surface area contributed by atoms with Gasteiger partial charge in [0.25, 0.3) is 0 Å². The fourth-order valence-corrected chi connectivity index (χ4v) is 6.69. The van der Waals surface area contributed by atoms with Gasteiger partial charge >= 0.3 is 0 Å². The van der Waals surface area contributed by atoms with Gasteiger partial charge in [-0.2, -0.15) is 0 Å². The summed E-state index contributed by atoms with van der Waals surface area (Å²) < 4.78 is 7.24. The van der Waals surface area contributed by atoms with Gasteiger partial charge in [-0.25, -0.2) is 0 Å². The number of hydrogen-bond donors (Lipinski definition) is 1. The third kappa shape index (κ3) is 6.11. The van der Waals surface area contributed by atoms with Crippen LogP contribution in [0.25, 0.3) is 5.69 Å². The number of thioether (sulfide) groups is 1. The fraction of sp³-hybridized carbons (Fsp3) is 0.593. The predicted octanol–water partition coefficient (Wildman–Crippen LogP) is 5.22. The number of fused-ring (bicyclic) bond motifs is 1. The molecule has 1 aromatic heterocycles. The Morgan fingerprint density at radius 1 is 1.21 bits per heavy atom. The molecule has 3 atom stereocenters. The summed E-state index contributed by atoms with van der Waals surface area (Å²) in [4.78, 5) is 12.0. The van der Waals surface area contributed by atoms with Crippen LogP contribution in [0.3, 0.4) is 0 Å². The molecule has 1 heterocycles. The Balaban J connectivity index is 1.35. The first-order valence-corrected chi connectivity index (χ1v) is 13.6. The van der Waals surface area contributed by atoms with Gasteiger partial charge in [0.15, 0.2) is 5.16 Å². The summed E-state index contributed by atoms with van der Waals surface area (Å²) in [6.07, 6.45) is 9.01. The molecule has 2 aliphatic rings.